The number of rotatable bonds is 11. The minimum Gasteiger partial charge on any atom is -0.0654 e. The van der Waals surface area contributed by atoms with E-state index in [1.807, 2.05) is 0 Å². The number of benzene rings is 2. The third kappa shape index (κ3) is 6.66. The van der Waals surface area contributed by atoms with Gasteiger partial charge in [-0.2, -0.15) is 0 Å². The fraction of sp³-hybridized carbons (Fsp3) is 0.455. The third-order valence-electron chi connectivity index (χ3n) is 4.55. The van der Waals surface area contributed by atoms with E-state index in [0.717, 1.165) is 8.27 Å². The summed E-state index contributed by atoms with van der Waals surface area (Å²) in [4.78, 5) is 0. The van der Waals surface area contributed by atoms with Crippen LogP contribution in [0.3, 0.4) is 0 Å². The summed E-state index contributed by atoms with van der Waals surface area (Å²) in [7, 11) is 1.34. The van der Waals surface area contributed by atoms with Gasteiger partial charge >= 0.3 is 0 Å². The minimum absolute atomic E-state index is 0.364. The first-order valence-electron chi connectivity index (χ1n) is 9.60. The molecule has 2 atom stereocenters. The van der Waals surface area contributed by atoms with Gasteiger partial charge in [0.15, 0.2) is 0 Å². The zero-order valence-corrected chi connectivity index (χ0v) is 17.5. The molecule has 0 aromatic heterocycles. The first-order valence-corrected chi connectivity index (χ1v) is 13.0. The quantitative estimate of drug-likeness (QED) is 0.335. The Kier molecular flexibility index (Phi) is 9.64. The van der Waals surface area contributed by atoms with Gasteiger partial charge in [-0.15, -0.1) is 0 Å². The van der Waals surface area contributed by atoms with E-state index in [1.54, 1.807) is 21.7 Å². The van der Waals surface area contributed by atoms with E-state index in [-0.39, 0.29) is 0 Å². The largest absolute Gasteiger partial charge is 0.0946 e. The molecule has 2 unspecified atom stereocenters. The average molecular weight is 359 g/mol. The lowest BCUT2D eigenvalue weighted by molar-refractivity contribution is 0.719. The van der Waals surface area contributed by atoms with Crippen LogP contribution in [0, 0.1) is 0 Å². The number of unbranched alkanes of at least 4 members (excludes halogenated alkanes) is 4. The smallest absolute Gasteiger partial charge is 0.0654 e. The summed E-state index contributed by atoms with van der Waals surface area (Å²) in [5.41, 5.74) is 3.21. The SMILES string of the molecule is CCCCCc1ccccc1P[PH2+]c1ccccc1CCCCC. The normalized spacial score (nSPS) is 11.9. The molecule has 2 aromatic carbocycles. The van der Waals surface area contributed by atoms with E-state index < -0.39 is 0 Å². The van der Waals surface area contributed by atoms with Crippen molar-refractivity contribution in [3.8, 4) is 0 Å². The molecule has 0 spiro atoms. The van der Waals surface area contributed by atoms with E-state index in [4.69, 9.17) is 0 Å². The third-order valence-corrected chi connectivity index (χ3v) is 8.67. The topological polar surface area (TPSA) is 0 Å². The summed E-state index contributed by atoms with van der Waals surface area (Å²) < 4.78 is 0. The van der Waals surface area contributed by atoms with Crippen molar-refractivity contribution in [2.75, 3.05) is 0 Å². The molecule has 130 valence electrons. The molecule has 0 bridgehead atoms. The van der Waals surface area contributed by atoms with Gasteiger partial charge in [-0.25, -0.2) is 0 Å². The molecule has 0 saturated carbocycles. The summed E-state index contributed by atoms with van der Waals surface area (Å²) in [5, 5.41) is 3.27. The summed E-state index contributed by atoms with van der Waals surface area (Å²) in [5.74, 6) is 0. The highest BCUT2D eigenvalue weighted by Gasteiger charge is 2.10. The Morgan fingerprint density at radius 2 is 1.29 bits per heavy atom. The van der Waals surface area contributed by atoms with Crippen LogP contribution in [0.4, 0.5) is 0 Å². The Morgan fingerprint density at radius 1 is 0.708 bits per heavy atom. The summed E-state index contributed by atoms with van der Waals surface area (Å²) >= 11 is 0. The second kappa shape index (κ2) is 11.8. The molecular weight excluding hydrogens is 326 g/mol. The Bertz CT molecular complexity index is 539. The van der Waals surface area contributed by atoms with Crippen LogP contribution in [0.1, 0.15) is 63.5 Å². The molecule has 2 heteroatoms. The van der Waals surface area contributed by atoms with Crippen molar-refractivity contribution in [2.45, 2.75) is 65.2 Å². The molecule has 0 N–H and O–H groups in total. The molecule has 0 nitrogen and oxygen atoms in total. The molecule has 0 aliphatic carbocycles. The Hall–Kier alpha value is -0.700. The molecule has 0 amide bonds. The monoisotopic (exact) mass is 359 g/mol. The van der Waals surface area contributed by atoms with Gasteiger partial charge in [0.1, 0.15) is 0 Å². The summed E-state index contributed by atoms with van der Waals surface area (Å²) in [6.45, 7) is 4.57. The van der Waals surface area contributed by atoms with Crippen LogP contribution in [0.2, 0.25) is 0 Å². The van der Waals surface area contributed by atoms with Crippen molar-refractivity contribution >= 4 is 27.1 Å². The Morgan fingerprint density at radius 3 is 2.00 bits per heavy atom. The van der Waals surface area contributed by atoms with Crippen LogP contribution in [0.15, 0.2) is 48.5 Å². The molecule has 2 rings (SSSR count). The fourth-order valence-corrected chi connectivity index (χ4v) is 7.22. The standard InChI is InChI=1S/C22H32P2/c1-3-5-7-13-19-15-9-11-17-21(19)23-24-22-18-12-10-16-20(22)14-8-6-4-2/h9-12,15-18,23-24H,3-8,13-14H2,1-2H3/p+1. The highest BCUT2D eigenvalue weighted by molar-refractivity contribution is 8.18. The van der Waals surface area contributed by atoms with Gasteiger partial charge in [-0.3, -0.25) is 0 Å². The van der Waals surface area contributed by atoms with Gasteiger partial charge in [0.25, 0.3) is 0 Å². The van der Waals surface area contributed by atoms with Gasteiger partial charge in [0, 0.05) is 13.6 Å². The van der Waals surface area contributed by atoms with Crippen LogP contribution in [0.5, 0.6) is 0 Å². The fourth-order valence-electron chi connectivity index (χ4n) is 3.07. The molecular formula is C22H33P2+. The maximum absolute atomic E-state index is 2.38. The van der Waals surface area contributed by atoms with Crippen molar-refractivity contribution in [3.05, 3.63) is 59.7 Å². The second-order valence-corrected chi connectivity index (χ2v) is 10.0. The molecule has 0 heterocycles. The zero-order valence-electron chi connectivity index (χ0n) is 15.4. The van der Waals surface area contributed by atoms with Crippen molar-refractivity contribution in [1.82, 2.24) is 0 Å². The van der Waals surface area contributed by atoms with E-state index in [2.05, 4.69) is 62.4 Å². The predicted octanol–water partition coefficient (Wildman–Crippen LogP) is 6.11. The summed E-state index contributed by atoms with van der Waals surface area (Å²) in [6, 6.07) is 18.3. The van der Waals surface area contributed by atoms with E-state index in [0.29, 0.717) is 8.27 Å². The molecule has 24 heavy (non-hydrogen) atoms. The van der Waals surface area contributed by atoms with Gasteiger partial charge in [-0.05, 0) is 42.9 Å². The van der Waals surface area contributed by atoms with Gasteiger partial charge in [0.05, 0.1) is 13.6 Å². The van der Waals surface area contributed by atoms with Gasteiger partial charge < -0.3 is 0 Å². The minimum atomic E-state index is 0.364. The number of hydrogen-bond acceptors (Lipinski definition) is 0. The highest BCUT2D eigenvalue weighted by Crippen LogP contribution is 2.37. The molecule has 0 saturated heterocycles. The number of hydrogen-bond donors (Lipinski definition) is 0. The maximum Gasteiger partial charge on any atom is 0.0946 e. The van der Waals surface area contributed by atoms with Crippen LogP contribution in [-0.4, -0.2) is 0 Å². The molecule has 0 fully saturated rings. The van der Waals surface area contributed by atoms with Crippen molar-refractivity contribution in [2.24, 2.45) is 0 Å². The molecule has 2 aromatic rings. The van der Waals surface area contributed by atoms with Crippen molar-refractivity contribution < 1.29 is 0 Å². The first-order chi connectivity index (χ1) is 11.8. The van der Waals surface area contributed by atoms with Crippen LogP contribution >= 0.6 is 16.5 Å². The van der Waals surface area contributed by atoms with Crippen LogP contribution in [0.25, 0.3) is 0 Å². The highest BCUT2D eigenvalue weighted by atomic mass is 32.0. The van der Waals surface area contributed by atoms with E-state index >= 15 is 0 Å². The second-order valence-electron chi connectivity index (χ2n) is 6.56. The lowest BCUT2D eigenvalue weighted by Gasteiger charge is -2.08. The lowest BCUT2D eigenvalue weighted by Crippen LogP contribution is -2.06. The lowest BCUT2D eigenvalue weighted by atomic mass is 10.1. The molecule has 0 radical (unpaired) electrons. The zero-order chi connectivity index (χ0) is 17.0. The van der Waals surface area contributed by atoms with Crippen LogP contribution < -0.4 is 10.6 Å². The van der Waals surface area contributed by atoms with Gasteiger partial charge in [-0.1, -0.05) is 82.0 Å². The van der Waals surface area contributed by atoms with Crippen LogP contribution in [-0.2, 0) is 12.8 Å². The number of aryl methyl sites for hydroxylation is 2. The van der Waals surface area contributed by atoms with Gasteiger partial charge in [0.2, 0.25) is 0 Å². The summed E-state index contributed by atoms with van der Waals surface area (Å²) in [6.07, 6.45) is 10.5. The Labute approximate surface area is 152 Å². The maximum atomic E-state index is 2.38. The molecule has 0 aliphatic rings. The first kappa shape index (κ1) is 19.6. The van der Waals surface area contributed by atoms with E-state index in [1.165, 1.54) is 51.4 Å². The Balaban J connectivity index is 1.98. The molecule has 0 aliphatic heterocycles. The predicted molar refractivity (Wildman–Crippen MR) is 117 cm³/mol. The van der Waals surface area contributed by atoms with E-state index in [9.17, 15) is 0 Å². The van der Waals surface area contributed by atoms with Crippen molar-refractivity contribution in [3.63, 3.8) is 0 Å². The average Bonchev–Trinajstić information content (AvgIpc) is 2.62. The van der Waals surface area contributed by atoms with Crippen molar-refractivity contribution in [1.29, 1.82) is 0 Å².